The van der Waals surface area contributed by atoms with Crippen LogP contribution in [0.5, 0.6) is 5.75 Å². The van der Waals surface area contributed by atoms with Gasteiger partial charge in [0, 0.05) is 19.2 Å². The molecule has 8 nitrogen and oxygen atoms in total. The maximum Gasteiger partial charge on any atom is 0.262 e. The molecule has 0 bridgehead atoms. The van der Waals surface area contributed by atoms with Gasteiger partial charge in [0.05, 0.1) is 17.3 Å². The number of hydrogen-bond donors (Lipinski definition) is 2. The van der Waals surface area contributed by atoms with Gasteiger partial charge in [-0.15, -0.1) is 0 Å². The molecule has 2 amide bonds. The van der Waals surface area contributed by atoms with Crippen LogP contribution in [0, 0.1) is 0 Å². The van der Waals surface area contributed by atoms with Gasteiger partial charge in [-0.3, -0.25) is 9.59 Å². The molecule has 2 rings (SSSR count). The highest BCUT2D eigenvalue weighted by molar-refractivity contribution is 7.89. The van der Waals surface area contributed by atoms with Crippen molar-refractivity contribution in [3.63, 3.8) is 0 Å². The number of halogens is 1. The summed E-state index contributed by atoms with van der Waals surface area (Å²) in [6.45, 7) is 3.20. The van der Waals surface area contributed by atoms with E-state index in [1.165, 1.54) is 19.2 Å². The highest BCUT2D eigenvalue weighted by Gasteiger charge is 2.29. The predicted molar refractivity (Wildman–Crippen MR) is 93.3 cm³/mol. The van der Waals surface area contributed by atoms with E-state index in [1.807, 2.05) is 13.8 Å². The Labute approximate surface area is 151 Å². The molecule has 1 aliphatic rings. The molecule has 1 unspecified atom stereocenters. The second kappa shape index (κ2) is 7.59. The zero-order valence-corrected chi connectivity index (χ0v) is 15.7. The molecule has 0 saturated carbocycles. The molecule has 25 heavy (non-hydrogen) atoms. The van der Waals surface area contributed by atoms with Crippen LogP contribution < -0.4 is 15.4 Å². The van der Waals surface area contributed by atoms with Crippen molar-refractivity contribution in [2.45, 2.75) is 31.2 Å². The Bertz CT molecular complexity index is 797. The van der Waals surface area contributed by atoms with Crippen molar-refractivity contribution in [2.75, 3.05) is 25.5 Å². The van der Waals surface area contributed by atoms with Crippen molar-refractivity contribution in [3.8, 4) is 5.75 Å². The van der Waals surface area contributed by atoms with Gasteiger partial charge in [0.15, 0.2) is 6.61 Å². The summed E-state index contributed by atoms with van der Waals surface area (Å²) in [5.41, 5.74) is 0.303. The molecule has 2 N–H and O–H groups in total. The summed E-state index contributed by atoms with van der Waals surface area (Å²) >= 11 is 6.07. The van der Waals surface area contributed by atoms with Gasteiger partial charge in [-0.2, -0.15) is 4.31 Å². The van der Waals surface area contributed by atoms with Crippen molar-refractivity contribution in [1.82, 2.24) is 9.62 Å². The minimum absolute atomic E-state index is 0.0482. The second-order valence-corrected chi connectivity index (χ2v) is 8.17. The van der Waals surface area contributed by atoms with Crippen LogP contribution in [0.1, 0.15) is 20.3 Å². The molecule has 0 spiro atoms. The fraction of sp³-hybridized carbons (Fsp3) is 0.467. The van der Waals surface area contributed by atoms with Gasteiger partial charge in [0.1, 0.15) is 10.6 Å². The van der Waals surface area contributed by atoms with E-state index in [0.29, 0.717) is 5.69 Å². The number of carbonyl (C=O) groups excluding carboxylic acids is 2. The van der Waals surface area contributed by atoms with Crippen LogP contribution in [-0.2, 0) is 19.6 Å². The maximum absolute atomic E-state index is 12.7. The summed E-state index contributed by atoms with van der Waals surface area (Å²) in [5, 5.41) is 5.18. The summed E-state index contributed by atoms with van der Waals surface area (Å²) < 4.78 is 31.6. The van der Waals surface area contributed by atoms with Crippen molar-refractivity contribution < 1.29 is 22.7 Å². The number of amides is 2. The highest BCUT2D eigenvalue weighted by Crippen LogP contribution is 2.36. The number of ether oxygens (including phenoxy) is 1. The van der Waals surface area contributed by atoms with E-state index in [1.54, 1.807) is 0 Å². The van der Waals surface area contributed by atoms with Gasteiger partial charge in [0.25, 0.3) is 5.91 Å². The number of carbonyl (C=O) groups is 2. The standard InChI is InChI=1S/C15H20ClN3O5S/c1-4-9(2)17-14(20)7-19(3)25(22,23)13-6-12-11(5-10(13)16)18-15(21)8-24-12/h5-6,9H,4,7-8H2,1-3H3,(H,17,20)(H,18,21). The molecule has 1 heterocycles. The average Bonchev–Trinajstić information content (AvgIpc) is 2.53. The SMILES string of the molecule is CCC(C)NC(=O)CN(C)S(=O)(=O)c1cc2c(cc1Cl)NC(=O)CO2. The van der Waals surface area contributed by atoms with Crippen LogP contribution in [0.3, 0.4) is 0 Å². The Kier molecular flexibility index (Phi) is 5.91. The summed E-state index contributed by atoms with van der Waals surface area (Å²) in [6, 6.07) is 2.51. The normalized spacial score (nSPS) is 15.2. The third-order valence-electron chi connectivity index (χ3n) is 3.74. The van der Waals surface area contributed by atoms with Crippen LogP contribution in [0.2, 0.25) is 5.02 Å². The van der Waals surface area contributed by atoms with E-state index in [4.69, 9.17) is 16.3 Å². The second-order valence-electron chi connectivity index (χ2n) is 5.75. The first-order valence-electron chi connectivity index (χ1n) is 7.67. The van der Waals surface area contributed by atoms with Crippen LogP contribution in [-0.4, -0.2) is 50.8 Å². The number of hydrogen-bond acceptors (Lipinski definition) is 5. The summed E-state index contributed by atoms with van der Waals surface area (Å²) in [4.78, 5) is 23.1. The zero-order chi connectivity index (χ0) is 18.8. The molecule has 1 aromatic rings. The maximum atomic E-state index is 12.7. The molecule has 0 saturated heterocycles. The fourth-order valence-corrected chi connectivity index (χ4v) is 3.80. The number of sulfonamides is 1. The number of nitrogens with zero attached hydrogens (tertiary/aromatic N) is 1. The molecule has 0 fully saturated rings. The van der Waals surface area contributed by atoms with Crippen LogP contribution >= 0.6 is 11.6 Å². The van der Waals surface area contributed by atoms with E-state index in [9.17, 15) is 18.0 Å². The van der Waals surface area contributed by atoms with Gasteiger partial charge < -0.3 is 15.4 Å². The van der Waals surface area contributed by atoms with Gasteiger partial charge in [-0.25, -0.2) is 8.42 Å². The average molecular weight is 390 g/mol. The van der Waals surface area contributed by atoms with Crippen molar-refractivity contribution in [2.24, 2.45) is 0 Å². The van der Waals surface area contributed by atoms with E-state index in [2.05, 4.69) is 10.6 Å². The number of likely N-dealkylation sites (N-methyl/N-ethyl adjacent to an activating group) is 1. The molecule has 0 aliphatic carbocycles. The molecule has 138 valence electrons. The minimum Gasteiger partial charge on any atom is -0.482 e. The number of fused-ring (bicyclic) bond motifs is 1. The van der Waals surface area contributed by atoms with Crippen molar-refractivity contribution in [3.05, 3.63) is 17.2 Å². The van der Waals surface area contributed by atoms with Gasteiger partial charge in [-0.05, 0) is 19.4 Å². The predicted octanol–water partition coefficient (Wildman–Crippen LogP) is 1.21. The topological polar surface area (TPSA) is 105 Å². The van der Waals surface area contributed by atoms with Crippen LogP contribution in [0.25, 0.3) is 0 Å². The molecule has 0 aromatic heterocycles. The smallest absolute Gasteiger partial charge is 0.262 e. The van der Waals surface area contributed by atoms with Crippen LogP contribution in [0.15, 0.2) is 17.0 Å². The largest absolute Gasteiger partial charge is 0.482 e. The first kappa shape index (κ1) is 19.5. The molecule has 0 radical (unpaired) electrons. The molecular formula is C15H20ClN3O5S. The van der Waals surface area contributed by atoms with Crippen molar-refractivity contribution in [1.29, 1.82) is 0 Å². The molecule has 1 aromatic carbocycles. The third kappa shape index (κ3) is 4.42. The van der Waals surface area contributed by atoms with E-state index >= 15 is 0 Å². The molecule has 1 aliphatic heterocycles. The fourth-order valence-electron chi connectivity index (χ4n) is 2.16. The lowest BCUT2D eigenvalue weighted by atomic mass is 10.2. The third-order valence-corrected chi connectivity index (χ3v) is 6.01. The van der Waals surface area contributed by atoms with E-state index in [-0.39, 0.29) is 40.8 Å². The molecular weight excluding hydrogens is 370 g/mol. The Hall–Kier alpha value is -1.84. The van der Waals surface area contributed by atoms with Gasteiger partial charge >= 0.3 is 0 Å². The summed E-state index contributed by atoms with van der Waals surface area (Å²) in [5.74, 6) is -0.545. The van der Waals surface area contributed by atoms with E-state index in [0.717, 1.165) is 10.7 Å². The Morgan fingerprint density at radius 1 is 1.48 bits per heavy atom. The lowest BCUT2D eigenvalue weighted by molar-refractivity contribution is -0.121. The van der Waals surface area contributed by atoms with Gasteiger partial charge in [0.2, 0.25) is 15.9 Å². The lowest BCUT2D eigenvalue weighted by Gasteiger charge is -2.22. The van der Waals surface area contributed by atoms with Gasteiger partial charge in [-0.1, -0.05) is 18.5 Å². The zero-order valence-electron chi connectivity index (χ0n) is 14.1. The molecule has 10 heteroatoms. The highest BCUT2D eigenvalue weighted by atomic mass is 35.5. The quantitative estimate of drug-likeness (QED) is 0.760. The summed E-state index contributed by atoms with van der Waals surface area (Å²) in [7, 11) is -2.71. The van der Waals surface area contributed by atoms with E-state index < -0.39 is 15.9 Å². The van der Waals surface area contributed by atoms with Crippen LogP contribution in [0.4, 0.5) is 5.69 Å². The number of rotatable bonds is 6. The lowest BCUT2D eigenvalue weighted by Crippen LogP contribution is -2.41. The number of anilines is 1. The summed E-state index contributed by atoms with van der Waals surface area (Å²) in [6.07, 6.45) is 0.738. The number of benzene rings is 1. The Morgan fingerprint density at radius 2 is 2.16 bits per heavy atom. The van der Waals surface area contributed by atoms with Crippen molar-refractivity contribution >= 4 is 39.1 Å². The first-order valence-corrected chi connectivity index (χ1v) is 9.48. The molecule has 1 atom stereocenters. The Morgan fingerprint density at radius 3 is 2.80 bits per heavy atom. The first-order chi connectivity index (χ1) is 11.6. The Balaban J connectivity index is 2.24. The minimum atomic E-state index is -4.01. The number of nitrogens with one attached hydrogen (secondary N) is 2. The monoisotopic (exact) mass is 389 g/mol.